The molecule has 0 fully saturated rings. The molecule has 4 nitrogen and oxygen atoms in total. The molecule has 0 saturated heterocycles. The summed E-state index contributed by atoms with van der Waals surface area (Å²) in [6, 6.07) is 6.53. The normalized spacial score (nSPS) is 11.8. The Hall–Kier alpha value is -0.780. The van der Waals surface area contributed by atoms with Crippen molar-refractivity contribution in [2.45, 2.75) is 37.5 Å². The van der Waals surface area contributed by atoms with Gasteiger partial charge in [0.2, 0.25) is 10.0 Å². The van der Waals surface area contributed by atoms with Gasteiger partial charge in [-0.2, -0.15) is 0 Å². The molecule has 0 bridgehead atoms. The lowest BCUT2D eigenvalue weighted by atomic mass is 10.2. The summed E-state index contributed by atoms with van der Waals surface area (Å²) in [4.78, 5) is 0.297. The Bertz CT molecular complexity index is 502. The Balaban J connectivity index is 2.66. The average molecular weight is 334 g/mol. The summed E-state index contributed by atoms with van der Waals surface area (Å²) >= 11 is 5.57. The van der Waals surface area contributed by atoms with Crippen LogP contribution in [0.15, 0.2) is 29.2 Å². The van der Waals surface area contributed by atoms with Crippen molar-refractivity contribution in [1.29, 1.82) is 0 Å². The van der Waals surface area contributed by atoms with Crippen LogP contribution in [-0.2, 0) is 10.0 Å². The quantitative estimate of drug-likeness (QED) is 0.486. The summed E-state index contributed by atoms with van der Waals surface area (Å²) in [6.45, 7) is 3.17. The van der Waals surface area contributed by atoms with Gasteiger partial charge in [-0.3, -0.25) is 0 Å². The Labute approximate surface area is 133 Å². The fraction of sp³-hybridized carbons (Fsp3) is 0.600. The first-order chi connectivity index (χ1) is 10.0. The largest absolute Gasteiger partial charge is 0.494 e. The van der Waals surface area contributed by atoms with Crippen molar-refractivity contribution in [2.75, 3.05) is 26.1 Å². The van der Waals surface area contributed by atoms with Crippen molar-refractivity contribution in [3.05, 3.63) is 24.3 Å². The summed E-state index contributed by atoms with van der Waals surface area (Å²) in [5.41, 5.74) is 0. The number of rotatable bonds is 10. The molecule has 1 rings (SSSR count). The molecular weight excluding hydrogens is 310 g/mol. The number of unbranched alkanes of at least 4 members (excludes halogenated alkanes) is 2. The summed E-state index contributed by atoms with van der Waals surface area (Å²) in [5.74, 6) is 1.21. The van der Waals surface area contributed by atoms with Gasteiger partial charge in [0.05, 0.1) is 11.5 Å². The number of benzene rings is 1. The second-order valence-corrected chi connectivity index (χ2v) is 7.32. The second-order valence-electron chi connectivity index (χ2n) is 4.90. The third kappa shape index (κ3) is 5.85. The molecule has 6 heteroatoms. The van der Waals surface area contributed by atoms with Gasteiger partial charge >= 0.3 is 0 Å². The number of halogens is 1. The fourth-order valence-corrected chi connectivity index (χ4v) is 3.16. The Morgan fingerprint density at radius 2 is 1.81 bits per heavy atom. The zero-order chi connectivity index (χ0) is 15.7. The van der Waals surface area contributed by atoms with Crippen LogP contribution in [-0.4, -0.2) is 38.8 Å². The standard InChI is InChI=1S/C15H24ClNO3S/c1-3-4-5-12-17(2)21(18,19)15-9-7-14(8-10-15)20-13-6-11-16/h7-10H,3-6,11-13H2,1-2H3. The van der Waals surface area contributed by atoms with Crippen LogP contribution < -0.4 is 4.74 Å². The van der Waals surface area contributed by atoms with Gasteiger partial charge in [-0.1, -0.05) is 19.8 Å². The molecule has 21 heavy (non-hydrogen) atoms. The van der Waals surface area contributed by atoms with Gasteiger partial charge in [0.15, 0.2) is 0 Å². The van der Waals surface area contributed by atoms with Crippen LogP contribution >= 0.6 is 11.6 Å². The Kier molecular flexibility index (Phi) is 8.07. The lowest BCUT2D eigenvalue weighted by Gasteiger charge is -2.17. The monoisotopic (exact) mass is 333 g/mol. The molecule has 0 spiro atoms. The SMILES string of the molecule is CCCCCN(C)S(=O)(=O)c1ccc(OCCCCl)cc1. The minimum atomic E-state index is -3.40. The van der Waals surface area contributed by atoms with Crippen molar-refractivity contribution in [2.24, 2.45) is 0 Å². The van der Waals surface area contributed by atoms with Crippen LogP contribution in [0.25, 0.3) is 0 Å². The molecule has 120 valence electrons. The molecule has 0 unspecified atom stereocenters. The van der Waals surface area contributed by atoms with Gasteiger partial charge in [0.25, 0.3) is 0 Å². The summed E-state index contributed by atoms with van der Waals surface area (Å²) < 4.78 is 31.6. The Morgan fingerprint density at radius 1 is 1.14 bits per heavy atom. The molecule has 0 radical (unpaired) electrons. The highest BCUT2D eigenvalue weighted by atomic mass is 35.5. The predicted molar refractivity (Wildman–Crippen MR) is 86.6 cm³/mol. The molecule has 1 aromatic carbocycles. The van der Waals surface area contributed by atoms with Crippen LogP contribution in [0.5, 0.6) is 5.75 Å². The van der Waals surface area contributed by atoms with Gasteiger partial charge in [0, 0.05) is 19.5 Å². The number of hydrogen-bond acceptors (Lipinski definition) is 3. The zero-order valence-electron chi connectivity index (χ0n) is 12.7. The van der Waals surface area contributed by atoms with E-state index >= 15 is 0 Å². The highest BCUT2D eigenvalue weighted by Gasteiger charge is 2.19. The van der Waals surface area contributed by atoms with Crippen LogP contribution in [0, 0.1) is 0 Å². The number of ether oxygens (including phenoxy) is 1. The van der Waals surface area contributed by atoms with Crippen LogP contribution in [0.3, 0.4) is 0 Å². The zero-order valence-corrected chi connectivity index (χ0v) is 14.3. The topological polar surface area (TPSA) is 46.6 Å². The van der Waals surface area contributed by atoms with Crippen molar-refractivity contribution in [1.82, 2.24) is 4.31 Å². The van der Waals surface area contributed by atoms with E-state index in [1.54, 1.807) is 31.3 Å². The van der Waals surface area contributed by atoms with E-state index in [0.717, 1.165) is 25.7 Å². The van der Waals surface area contributed by atoms with Crippen LogP contribution in [0.2, 0.25) is 0 Å². The molecule has 1 aromatic rings. The lowest BCUT2D eigenvalue weighted by Crippen LogP contribution is -2.27. The number of alkyl halides is 1. The molecule has 0 aromatic heterocycles. The fourth-order valence-electron chi connectivity index (χ4n) is 1.84. The van der Waals surface area contributed by atoms with E-state index in [0.29, 0.717) is 29.7 Å². The van der Waals surface area contributed by atoms with E-state index in [1.807, 2.05) is 0 Å². The third-order valence-corrected chi connectivity index (χ3v) is 5.29. The van der Waals surface area contributed by atoms with Crippen molar-refractivity contribution in [3.8, 4) is 5.75 Å². The summed E-state index contributed by atoms with van der Waals surface area (Å²) in [5, 5.41) is 0. The Morgan fingerprint density at radius 3 is 2.38 bits per heavy atom. The molecule has 0 saturated carbocycles. The molecule has 0 heterocycles. The highest BCUT2D eigenvalue weighted by Crippen LogP contribution is 2.19. The van der Waals surface area contributed by atoms with Crippen molar-refractivity contribution in [3.63, 3.8) is 0 Å². The molecule has 0 atom stereocenters. The van der Waals surface area contributed by atoms with Crippen LogP contribution in [0.1, 0.15) is 32.6 Å². The van der Waals surface area contributed by atoms with E-state index in [1.165, 1.54) is 4.31 Å². The smallest absolute Gasteiger partial charge is 0.242 e. The third-order valence-electron chi connectivity index (χ3n) is 3.16. The first kappa shape index (κ1) is 18.3. The lowest BCUT2D eigenvalue weighted by molar-refractivity contribution is 0.318. The number of sulfonamides is 1. The first-order valence-electron chi connectivity index (χ1n) is 7.27. The van der Waals surface area contributed by atoms with Crippen molar-refractivity contribution < 1.29 is 13.2 Å². The number of hydrogen-bond donors (Lipinski definition) is 0. The predicted octanol–water partition coefficient (Wildman–Crippen LogP) is 3.51. The molecule has 0 N–H and O–H groups in total. The van der Waals surface area contributed by atoms with E-state index in [2.05, 4.69) is 6.92 Å². The van der Waals surface area contributed by atoms with E-state index in [-0.39, 0.29) is 0 Å². The first-order valence-corrected chi connectivity index (χ1v) is 9.25. The maximum Gasteiger partial charge on any atom is 0.242 e. The minimum Gasteiger partial charge on any atom is -0.494 e. The van der Waals surface area contributed by atoms with Gasteiger partial charge in [-0.05, 0) is 37.1 Å². The highest BCUT2D eigenvalue weighted by molar-refractivity contribution is 7.89. The minimum absolute atomic E-state index is 0.297. The van der Waals surface area contributed by atoms with Gasteiger partial charge in [-0.25, -0.2) is 12.7 Å². The summed E-state index contributed by atoms with van der Waals surface area (Å²) in [7, 11) is -1.78. The average Bonchev–Trinajstić information content (AvgIpc) is 2.48. The molecular formula is C15H24ClNO3S. The van der Waals surface area contributed by atoms with Gasteiger partial charge in [-0.15, -0.1) is 11.6 Å². The molecule has 0 amide bonds. The maximum atomic E-state index is 12.4. The van der Waals surface area contributed by atoms with E-state index in [9.17, 15) is 8.42 Å². The van der Waals surface area contributed by atoms with Gasteiger partial charge < -0.3 is 4.74 Å². The van der Waals surface area contributed by atoms with Crippen molar-refractivity contribution >= 4 is 21.6 Å². The maximum absolute atomic E-state index is 12.4. The molecule has 0 aliphatic heterocycles. The molecule has 0 aliphatic carbocycles. The summed E-state index contributed by atoms with van der Waals surface area (Å²) in [6.07, 6.45) is 3.75. The van der Waals surface area contributed by atoms with Crippen LogP contribution in [0.4, 0.5) is 0 Å². The second kappa shape index (κ2) is 9.28. The van der Waals surface area contributed by atoms with E-state index < -0.39 is 10.0 Å². The molecule has 0 aliphatic rings. The van der Waals surface area contributed by atoms with E-state index in [4.69, 9.17) is 16.3 Å². The van der Waals surface area contributed by atoms with Gasteiger partial charge in [0.1, 0.15) is 5.75 Å². The number of nitrogens with zero attached hydrogens (tertiary/aromatic N) is 1.